The lowest BCUT2D eigenvalue weighted by atomic mass is 10.2. The fourth-order valence-corrected chi connectivity index (χ4v) is 3.19. The third-order valence-electron chi connectivity index (χ3n) is 3.82. The monoisotopic (exact) mass is 443 g/mol. The van der Waals surface area contributed by atoms with Gasteiger partial charge in [-0.3, -0.25) is 19.5 Å². The van der Waals surface area contributed by atoms with Gasteiger partial charge in [0.15, 0.2) is 0 Å². The molecular formula is C17H12Cl3N3O5. The molecule has 0 radical (unpaired) electrons. The molecule has 1 atom stereocenters. The topological polar surface area (TPSA) is 107 Å². The van der Waals surface area contributed by atoms with Gasteiger partial charge in [-0.05, 0) is 24.3 Å². The van der Waals surface area contributed by atoms with E-state index in [4.69, 9.17) is 39.5 Å². The maximum Gasteiger partial charge on any atom is 0.288 e. The van der Waals surface area contributed by atoms with Gasteiger partial charge in [0.2, 0.25) is 0 Å². The molecule has 0 spiro atoms. The molecule has 146 valence electrons. The SMILES string of the molecule is O=c1c2cc([N+](=O)[O-])c(Cl)cc2ncn1C[C@@H](O)COc1ccc(Cl)cc1Cl. The zero-order chi connectivity index (χ0) is 20.4. The highest BCUT2D eigenvalue weighted by molar-refractivity contribution is 6.35. The molecule has 0 saturated carbocycles. The lowest BCUT2D eigenvalue weighted by Gasteiger charge is -2.15. The van der Waals surface area contributed by atoms with E-state index in [-0.39, 0.29) is 34.1 Å². The van der Waals surface area contributed by atoms with E-state index in [1.165, 1.54) is 18.5 Å². The van der Waals surface area contributed by atoms with Crippen molar-refractivity contribution in [3.8, 4) is 5.75 Å². The molecule has 8 nitrogen and oxygen atoms in total. The maximum atomic E-state index is 12.6. The van der Waals surface area contributed by atoms with E-state index in [9.17, 15) is 20.0 Å². The number of nitro groups is 1. The van der Waals surface area contributed by atoms with Crippen LogP contribution in [-0.4, -0.2) is 32.3 Å². The summed E-state index contributed by atoms with van der Waals surface area (Å²) in [6.07, 6.45) is 0.164. The fourth-order valence-electron chi connectivity index (χ4n) is 2.50. The molecule has 0 aliphatic carbocycles. The zero-order valence-electron chi connectivity index (χ0n) is 14.0. The normalized spacial score (nSPS) is 12.1. The summed E-state index contributed by atoms with van der Waals surface area (Å²) in [4.78, 5) is 27.0. The summed E-state index contributed by atoms with van der Waals surface area (Å²) < 4.78 is 6.57. The number of hydrogen-bond donors (Lipinski definition) is 1. The van der Waals surface area contributed by atoms with Gasteiger partial charge in [0, 0.05) is 11.1 Å². The smallest absolute Gasteiger partial charge is 0.288 e. The molecule has 0 aliphatic rings. The van der Waals surface area contributed by atoms with Gasteiger partial charge in [0.25, 0.3) is 11.2 Å². The number of rotatable bonds is 6. The van der Waals surface area contributed by atoms with Crippen LogP contribution in [0.5, 0.6) is 5.75 Å². The van der Waals surface area contributed by atoms with Gasteiger partial charge < -0.3 is 9.84 Å². The van der Waals surface area contributed by atoms with E-state index in [1.807, 2.05) is 0 Å². The van der Waals surface area contributed by atoms with Crippen molar-refractivity contribution in [3.05, 3.63) is 72.2 Å². The predicted octanol–water partition coefficient (Wildman–Crippen LogP) is 3.70. The lowest BCUT2D eigenvalue weighted by molar-refractivity contribution is -0.384. The molecule has 28 heavy (non-hydrogen) atoms. The van der Waals surface area contributed by atoms with Gasteiger partial charge in [-0.25, -0.2) is 4.98 Å². The number of nitro benzene ring substituents is 1. The standard InChI is InChI=1S/C17H12Cl3N3O5/c18-9-1-2-16(13(20)3-9)28-7-10(24)6-22-8-21-14-5-12(19)15(23(26)27)4-11(14)17(22)25/h1-5,8,10,24H,6-7H2/t10-/m1/s1. The van der Waals surface area contributed by atoms with Crippen molar-refractivity contribution in [2.24, 2.45) is 0 Å². The summed E-state index contributed by atoms with van der Waals surface area (Å²) in [5.41, 5.74) is -0.726. The Morgan fingerprint density at radius 3 is 2.64 bits per heavy atom. The minimum atomic E-state index is -1.06. The Morgan fingerprint density at radius 2 is 1.96 bits per heavy atom. The maximum absolute atomic E-state index is 12.6. The summed E-state index contributed by atoms with van der Waals surface area (Å²) in [7, 11) is 0. The number of aliphatic hydroxyl groups excluding tert-OH is 1. The van der Waals surface area contributed by atoms with E-state index in [0.29, 0.717) is 10.8 Å². The van der Waals surface area contributed by atoms with Gasteiger partial charge in [0.05, 0.1) is 33.7 Å². The Kier molecular flexibility index (Phi) is 6.04. The molecule has 0 saturated heterocycles. The van der Waals surface area contributed by atoms with E-state index >= 15 is 0 Å². The molecule has 11 heteroatoms. The molecule has 2 aromatic carbocycles. The number of halogens is 3. The average Bonchev–Trinajstić information content (AvgIpc) is 2.63. The summed E-state index contributed by atoms with van der Waals surface area (Å²) >= 11 is 17.6. The van der Waals surface area contributed by atoms with Crippen molar-refractivity contribution < 1.29 is 14.8 Å². The number of ether oxygens (including phenoxy) is 1. The van der Waals surface area contributed by atoms with E-state index in [0.717, 1.165) is 10.6 Å². The number of fused-ring (bicyclic) bond motifs is 1. The van der Waals surface area contributed by atoms with E-state index in [2.05, 4.69) is 4.98 Å². The van der Waals surface area contributed by atoms with Crippen LogP contribution in [0.3, 0.4) is 0 Å². The molecule has 1 heterocycles. The number of benzene rings is 2. The summed E-state index contributed by atoms with van der Waals surface area (Å²) in [5, 5.41) is 21.8. The third kappa shape index (κ3) is 4.36. The van der Waals surface area contributed by atoms with Gasteiger partial charge in [-0.1, -0.05) is 34.8 Å². The van der Waals surface area contributed by atoms with Gasteiger partial charge in [0.1, 0.15) is 23.5 Å². The minimum Gasteiger partial charge on any atom is -0.489 e. The first-order chi connectivity index (χ1) is 13.3. The summed E-state index contributed by atoms with van der Waals surface area (Å²) in [6.45, 7) is -0.282. The second-order valence-corrected chi connectivity index (χ2v) is 7.07. The predicted molar refractivity (Wildman–Crippen MR) is 106 cm³/mol. The van der Waals surface area contributed by atoms with E-state index in [1.54, 1.807) is 12.1 Å². The van der Waals surface area contributed by atoms with Gasteiger partial charge >= 0.3 is 0 Å². The highest BCUT2D eigenvalue weighted by Crippen LogP contribution is 2.28. The molecule has 0 fully saturated rings. The molecule has 1 aromatic heterocycles. The number of aromatic nitrogens is 2. The molecule has 3 aromatic rings. The summed E-state index contributed by atoms with van der Waals surface area (Å²) in [5.74, 6) is 0.333. The molecule has 0 unspecified atom stereocenters. The van der Waals surface area contributed by atoms with Crippen molar-refractivity contribution in [2.45, 2.75) is 12.6 Å². The van der Waals surface area contributed by atoms with Crippen LogP contribution in [0.2, 0.25) is 15.1 Å². The number of nitrogens with zero attached hydrogens (tertiary/aromatic N) is 3. The van der Waals surface area contributed by atoms with Crippen LogP contribution in [0.1, 0.15) is 0 Å². The first-order valence-electron chi connectivity index (χ1n) is 7.85. The van der Waals surface area contributed by atoms with Gasteiger partial charge in [-0.15, -0.1) is 0 Å². The molecule has 3 rings (SSSR count). The average molecular weight is 445 g/mol. The Hall–Kier alpha value is -2.39. The molecular weight excluding hydrogens is 433 g/mol. The molecule has 1 N–H and O–H groups in total. The van der Waals surface area contributed by atoms with E-state index < -0.39 is 22.3 Å². The zero-order valence-corrected chi connectivity index (χ0v) is 16.3. The first-order valence-corrected chi connectivity index (χ1v) is 8.98. The quantitative estimate of drug-likeness (QED) is 0.459. The van der Waals surface area contributed by atoms with Crippen LogP contribution in [0.25, 0.3) is 10.9 Å². The van der Waals surface area contributed by atoms with Crippen molar-refractivity contribution in [1.29, 1.82) is 0 Å². The van der Waals surface area contributed by atoms with Crippen molar-refractivity contribution >= 4 is 51.4 Å². The molecule has 0 bridgehead atoms. The second kappa shape index (κ2) is 8.32. The van der Waals surface area contributed by atoms with Crippen LogP contribution in [0, 0.1) is 10.1 Å². The third-order valence-corrected chi connectivity index (χ3v) is 4.66. The highest BCUT2D eigenvalue weighted by atomic mass is 35.5. The summed E-state index contributed by atoms with van der Waals surface area (Å²) in [6, 6.07) is 6.97. The second-order valence-electron chi connectivity index (χ2n) is 5.82. The largest absolute Gasteiger partial charge is 0.489 e. The lowest BCUT2D eigenvalue weighted by Crippen LogP contribution is -2.30. The Morgan fingerprint density at radius 1 is 1.21 bits per heavy atom. The van der Waals surface area contributed by atoms with Gasteiger partial charge in [-0.2, -0.15) is 0 Å². The Bertz CT molecular complexity index is 1120. The fraction of sp³-hybridized carbons (Fsp3) is 0.176. The number of aliphatic hydroxyl groups is 1. The van der Waals surface area contributed by atoms with Crippen LogP contribution in [0.15, 0.2) is 41.5 Å². The van der Waals surface area contributed by atoms with Crippen molar-refractivity contribution in [2.75, 3.05) is 6.61 Å². The minimum absolute atomic E-state index is 0.0208. The van der Waals surface area contributed by atoms with Crippen LogP contribution in [-0.2, 0) is 6.54 Å². The van der Waals surface area contributed by atoms with Crippen LogP contribution >= 0.6 is 34.8 Å². The van der Waals surface area contributed by atoms with Crippen LogP contribution < -0.4 is 10.3 Å². The highest BCUT2D eigenvalue weighted by Gasteiger charge is 2.17. The van der Waals surface area contributed by atoms with Crippen molar-refractivity contribution in [1.82, 2.24) is 9.55 Å². The first kappa shape index (κ1) is 20.3. The molecule has 0 aliphatic heterocycles. The van der Waals surface area contributed by atoms with Crippen LogP contribution in [0.4, 0.5) is 5.69 Å². The Balaban J connectivity index is 1.79. The number of hydrogen-bond acceptors (Lipinski definition) is 6. The van der Waals surface area contributed by atoms with Crippen molar-refractivity contribution in [3.63, 3.8) is 0 Å². The Labute approximate surface area is 173 Å². The molecule has 0 amide bonds.